The summed E-state index contributed by atoms with van der Waals surface area (Å²) in [5.74, 6) is -0.0709. The number of fused-ring (bicyclic) bond motifs is 1. The SMILES string of the molecule is Cc1ccc(N=C2C=CC(=O)c3ncccc32)cc1. The van der Waals surface area contributed by atoms with Crippen molar-refractivity contribution in [3.8, 4) is 0 Å². The predicted octanol–water partition coefficient (Wildman–Crippen LogP) is 3.26. The highest BCUT2D eigenvalue weighted by atomic mass is 16.1. The van der Waals surface area contributed by atoms with E-state index in [0.717, 1.165) is 17.0 Å². The van der Waals surface area contributed by atoms with Crippen molar-refractivity contribution in [1.82, 2.24) is 4.98 Å². The summed E-state index contributed by atoms with van der Waals surface area (Å²) in [6.07, 6.45) is 4.88. The number of benzene rings is 1. The molecule has 19 heavy (non-hydrogen) atoms. The van der Waals surface area contributed by atoms with Crippen molar-refractivity contribution in [2.24, 2.45) is 4.99 Å². The zero-order valence-electron chi connectivity index (χ0n) is 10.5. The van der Waals surface area contributed by atoms with Gasteiger partial charge in [-0.05, 0) is 43.3 Å². The zero-order valence-corrected chi connectivity index (χ0v) is 10.5. The summed E-state index contributed by atoms with van der Waals surface area (Å²) < 4.78 is 0. The van der Waals surface area contributed by atoms with Crippen molar-refractivity contribution in [3.05, 3.63) is 71.6 Å². The molecule has 0 aliphatic heterocycles. The quantitative estimate of drug-likeness (QED) is 0.777. The van der Waals surface area contributed by atoms with Crippen molar-refractivity contribution < 1.29 is 4.79 Å². The van der Waals surface area contributed by atoms with Crippen LogP contribution in [-0.4, -0.2) is 16.5 Å². The Hall–Kier alpha value is -2.55. The Morgan fingerprint density at radius 3 is 2.63 bits per heavy atom. The van der Waals surface area contributed by atoms with Gasteiger partial charge in [0.15, 0.2) is 0 Å². The number of allylic oxidation sites excluding steroid dienone is 2. The molecule has 1 aliphatic rings. The fourth-order valence-electron chi connectivity index (χ4n) is 1.99. The van der Waals surface area contributed by atoms with Gasteiger partial charge in [-0.2, -0.15) is 0 Å². The maximum atomic E-state index is 11.7. The van der Waals surface area contributed by atoms with Gasteiger partial charge in [-0.25, -0.2) is 4.99 Å². The van der Waals surface area contributed by atoms with E-state index in [-0.39, 0.29) is 5.78 Å². The third-order valence-electron chi connectivity index (χ3n) is 2.99. The number of carbonyl (C=O) groups is 1. The summed E-state index contributed by atoms with van der Waals surface area (Å²) in [6.45, 7) is 2.04. The Balaban J connectivity index is 2.08. The first-order valence-electron chi connectivity index (χ1n) is 6.07. The number of carbonyl (C=O) groups excluding carboxylic acids is 1. The Kier molecular flexibility index (Phi) is 2.80. The van der Waals surface area contributed by atoms with Gasteiger partial charge in [0.1, 0.15) is 5.69 Å². The summed E-state index contributed by atoms with van der Waals surface area (Å²) in [4.78, 5) is 20.4. The van der Waals surface area contributed by atoms with Crippen LogP contribution >= 0.6 is 0 Å². The molecule has 0 unspecified atom stereocenters. The van der Waals surface area contributed by atoms with Crippen LogP contribution in [0.2, 0.25) is 0 Å². The summed E-state index contributed by atoms with van der Waals surface area (Å²) in [6, 6.07) is 11.6. The van der Waals surface area contributed by atoms with Crippen LogP contribution in [0.15, 0.2) is 59.7 Å². The topological polar surface area (TPSA) is 42.3 Å². The van der Waals surface area contributed by atoms with E-state index < -0.39 is 0 Å². The van der Waals surface area contributed by atoms with Crippen LogP contribution in [0.4, 0.5) is 5.69 Å². The molecule has 92 valence electrons. The molecule has 1 aliphatic carbocycles. The molecule has 0 N–H and O–H groups in total. The van der Waals surface area contributed by atoms with Gasteiger partial charge < -0.3 is 0 Å². The van der Waals surface area contributed by atoms with Crippen LogP contribution in [0.3, 0.4) is 0 Å². The largest absolute Gasteiger partial charge is 0.288 e. The van der Waals surface area contributed by atoms with Gasteiger partial charge in [-0.15, -0.1) is 0 Å². The summed E-state index contributed by atoms with van der Waals surface area (Å²) >= 11 is 0. The first-order valence-corrected chi connectivity index (χ1v) is 6.07. The van der Waals surface area contributed by atoms with Gasteiger partial charge >= 0.3 is 0 Å². The van der Waals surface area contributed by atoms with Crippen LogP contribution in [0.1, 0.15) is 21.6 Å². The molecule has 3 heteroatoms. The zero-order chi connectivity index (χ0) is 13.2. The molecule has 0 atom stereocenters. The van der Waals surface area contributed by atoms with Gasteiger partial charge in [0.2, 0.25) is 5.78 Å². The number of hydrogen-bond acceptors (Lipinski definition) is 3. The average molecular weight is 248 g/mol. The summed E-state index contributed by atoms with van der Waals surface area (Å²) in [5, 5.41) is 0. The van der Waals surface area contributed by atoms with Crippen LogP contribution in [0, 0.1) is 6.92 Å². The van der Waals surface area contributed by atoms with Gasteiger partial charge in [0.05, 0.1) is 11.4 Å². The molecular formula is C16H12N2O. The maximum absolute atomic E-state index is 11.7. The van der Waals surface area contributed by atoms with E-state index in [2.05, 4.69) is 9.98 Å². The highest BCUT2D eigenvalue weighted by molar-refractivity contribution is 6.23. The lowest BCUT2D eigenvalue weighted by molar-refractivity contribution is 0.104. The molecule has 2 aromatic rings. The van der Waals surface area contributed by atoms with Crippen molar-refractivity contribution in [1.29, 1.82) is 0 Å². The van der Waals surface area contributed by atoms with Crippen LogP contribution in [0.5, 0.6) is 0 Å². The Bertz CT molecular complexity index is 697. The predicted molar refractivity (Wildman–Crippen MR) is 75.1 cm³/mol. The monoisotopic (exact) mass is 248 g/mol. The van der Waals surface area contributed by atoms with Gasteiger partial charge in [0.25, 0.3) is 0 Å². The number of pyridine rings is 1. The maximum Gasteiger partial charge on any atom is 0.204 e. The molecule has 0 spiro atoms. The fraction of sp³-hybridized carbons (Fsp3) is 0.0625. The van der Waals surface area contributed by atoms with Crippen molar-refractivity contribution in [3.63, 3.8) is 0 Å². The lowest BCUT2D eigenvalue weighted by atomic mass is 9.99. The molecule has 3 nitrogen and oxygen atoms in total. The molecular weight excluding hydrogens is 236 g/mol. The molecule has 1 aromatic carbocycles. The standard InChI is InChI=1S/C16H12N2O/c1-11-4-6-12(7-5-11)18-14-8-9-15(19)16-13(14)3-2-10-17-16/h2-10H,1H3. The first kappa shape index (κ1) is 11.5. The Labute approximate surface area is 111 Å². The molecule has 1 aromatic heterocycles. The highest BCUT2D eigenvalue weighted by Crippen LogP contribution is 2.19. The molecule has 0 fully saturated rings. The second-order valence-electron chi connectivity index (χ2n) is 4.43. The Morgan fingerprint density at radius 2 is 1.84 bits per heavy atom. The van der Waals surface area contributed by atoms with Gasteiger partial charge in [-0.1, -0.05) is 17.7 Å². The summed E-state index contributed by atoms with van der Waals surface area (Å²) in [5.41, 5.74) is 4.09. The van der Waals surface area contributed by atoms with Crippen molar-refractivity contribution >= 4 is 17.2 Å². The van der Waals surface area contributed by atoms with Crippen molar-refractivity contribution in [2.45, 2.75) is 6.92 Å². The molecule has 0 saturated carbocycles. The van der Waals surface area contributed by atoms with Crippen LogP contribution in [-0.2, 0) is 0 Å². The van der Waals surface area contributed by atoms with Crippen LogP contribution in [0.25, 0.3) is 0 Å². The first-order chi connectivity index (χ1) is 9.24. The van der Waals surface area contributed by atoms with E-state index in [1.807, 2.05) is 43.3 Å². The molecule has 1 heterocycles. The van der Waals surface area contributed by atoms with Crippen LogP contribution < -0.4 is 0 Å². The van der Waals surface area contributed by atoms with Gasteiger partial charge in [0, 0.05) is 11.8 Å². The van der Waals surface area contributed by atoms with Gasteiger partial charge in [-0.3, -0.25) is 9.78 Å². The highest BCUT2D eigenvalue weighted by Gasteiger charge is 2.18. The smallest absolute Gasteiger partial charge is 0.204 e. The van der Waals surface area contributed by atoms with E-state index in [9.17, 15) is 4.79 Å². The fourth-order valence-corrected chi connectivity index (χ4v) is 1.99. The van der Waals surface area contributed by atoms with E-state index in [1.165, 1.54) is 11.6 Å². The number of aliphatic imine (C=N–C) groups is 1. The molecule has 0 bridgehead atoms. The number of nitrogens with zero attached hydrogens (tertiary/aromatic N) is 2. The third kappa shape index (κ3) is 2.22. The number of aryl methyl sites for hydroxylation is 1. The number of hydrogen-bond donors (Lipinski definition) is 0. The van der Waals surface area contributed by atoms with E-state index in [4.69, 9.17) is 0 Å². The normalized spacial score (nSPS) is 15.6. The van der Waals surface area contributed by atoms with Crippen molar-refractivity contribution in [2.75, 3.05) is 0 Å². The van der Waals surface area contributed by atoms with E-state index in [1.54, 1.807) is 12.3 Å². The number of ketones is 1. The third-order valence-corrected chi connectivity index (χ3v) is 2.99. The minimum Gasteiger partial charge on any atom is -0.288 e. The number of aromatic nitrogens is 1. The lowest BCUT2D eigenvalue weighted by Gasteiger charge is -2.10. The average Bonchev–Trinajstić information content (AvgIpc) is 2.45. The Morgan fingerprint density at radius 1 is 1.05 bits per heavy atom. The minimum absolute atomic E-state index is 0.0709. The molecule has 3 rings (SSSR count). The molecule has 0 amide bonds. The minimum atomic E-state index is -0.0709. The lowest BCUT2D eigenvalue weighted by Crippen LogP contribution is -2.13. The molecule has 0 radical (unpaired) electrons. The second-order valence-corrected chi connectivity index (χ2v) is 4.43. The van der Waals surface area contributed by atoms with E-state index >= 15 is 0 Å². The second kappa shape index (κ2) is 4.61. The van der Waals surface area contributed by atoms with E-state index in [0.29, 0.717) is 5.69 Å². The molecule has 0 saturated heterocycles. The number of rotatable bonds is 1. The summed E-state index contributed by atoms with van der Waals surface area (Å²) in [7, 11) is 0.